The van der Waals surface area contributed by atoms with Gasteiger partial charge in [-0.2, -0.15) is 0 Å². The highest BCUT2D eigenvalue weighted by Crippen LogP contribution is 2.22. The zero-order valence-corrected chi connectivity index (χ0v) is 9.14. The van der Waals surface area contributed by atoms with Crippen LogP contribution in [0, 0.1) is 7.11 Å². The van der Waals surface area contributed by atoms with Crippen molar-refractivity contribution in [3.63, 3.8) is 0 Å². The molecule has 1 aliphatic rings. The van der Waals surface area contributed by atoms with Crippen LogP contribution < -0.4 is 5.32 Å². The summed E-state index contributed by atoms with van der Waals surface area (Å²) in [5.41, 5.74) is 0. The minimum absolute atomic E-state index is 0.0134. The zero-order chi connectivity index (χ0) is 11.4. The van der Waals surface area contributed by atoms with Crippen LogP contribution in [0.2, 0.25) is 0 Å². The monoisotopic (exact) mass is 217 g/mol. The highest BCUT2D eigenvalue weighted by molar-refractivity contribution is 5.73. The largest absolute Gasteiger partial charge is 0.556 e. The summed E-state index contributed by atoms with van der Waals surface area (Å²) < 4.78 is 9.35. The van der Waals surface area contributed by atoms with Crippen molar-refractivity contribution in [3.8, 4) is 0 Å². The molecule has 1 aliphatic heterocycles. The number of nitrogens with one attached hydrogen (secondary N) is 1. The molecule has 88 valence electrons. The first-order valence-electron chi connectivity index (χ1n) is 5.15. The molecule has 0 aromatic rings. The summed E-state index contributed by atoms with van der Waals surface area (Å²) in [4.78, 5) is 10.9. The zero-order valence-electron chi connectivity index (χ0n) is 9.14. The Bertz CT molecular complexity index is 221. The number of aliphatic hydroxyl groups excluding tert-OH is 1. The number of carbonyl (C=O) groups is 1. The number of rotatable bonds is 3. The summed E-state index contributed by atoms with van der Waals surface area (Å²) in [5.74, 6) is -0.203. The number of ether oxygens (including phenoxy) is 2. The molecular weight excluding hydrogens is 198 g/mol. The first kappa shape index (κ1) is 12.4. The fourth-order valence-corrected chi connectivity index (χ4v) is 1.77. The summed E-state index contributed by atoms with van der Waals surface area (Å²) in [6.45, 7) is 3.38. The number of hydrogen-bond donors (Lipinski definition) is 2. The lowest BCUT2D eigenvalue weighted by molar-refractivity contribution is -0.269. The van der Waals surface area contributed by atoms with E-state index in [1.165, 1.54) is 6.92 Å². The van der Waals surface area contributed by atoms with E-state index < -0.39 is 18.4 Å². The average molecular weight is 217 g/mol. The van der Waals surface area contributed by atoms with Gasteiger partial charge in [-0.05, 0) is 6.42 Å². The predicted octanol–water partition coefficient (Wildman–Crippen LogP) is -0.303. The van der Waals surface area contributed by atoms with Crippen molar-refractivity contribution in [1.29, 1.82) is 0 Å². The molecule has 1 heterocycles. The topological polar surface area (TPSA) is 71.4 Å². The smallest absolute Gasteiger partial charge is 0.262 e. The molecule has 0 aromatic carbocycles. The second-order valence-electron chi connectivity index (χ2n) is 3.77. The average Bonchev–Trinajstić information content (AvgIpc) is 2.20. The Balaban J connectivity index is 2.64. The lowest BCUT2D eigenvalue weighted by Gasteiger charge is -2.37. The number of carbonyl (C=O) groups excluding carboxylic acids is 1. The van der Waals surface area contributed by atoms with E-state index in [2.05, 4.69) is 17.2 Å². The van der Waals surface area contributed by atoms with Crippen molar-refractivity contribution in [3.05, 3.63) is 7.11 Å². The molecule has 4 unspecified atom stereocenters. The van der Waals surface area contributed by atoms with Gasteiger partial charge < -0.3 is 19.9 Å². The Labute approximate surface area is 89.8 Å². The van der Waals surface area contributed by atoms with Gasteiger partial charge in [0.05, 0.1) is 12.2 Å². The van der Waals surface area contributed by atoms with Crippen LogP contribution in [0.25, 0.3) is 0 Å². The Morgan fingerprint density at radius 1 is 1.73 bits per heavy atom. The van der Waals surface area contributed by atoms with Gasteiger partial charge in [0.15, 0.2) is 6.04 Å². The number of aliphatic hydroxyl groups is 3. The predicted molar refractivity (Wildman–Crippen MR) is 54.8 cm³/mol. The maximum Gasteiger partial charge on any atom is 0.262 e. The molecule has 0 bridgehead atoms. The SMILES string of the molecule is [CH2-][OH+]C1OC(CC)CC(O)C1NC(C)=O. The fraction of sp³-hybridized carbons (Fsp3) is 0.800. The van der Waals surface area contributed by atoms with Crippen LogP contribution in [-0.2, 0) is 9.53 Å². The van der Waals surface area contributed by atoms with E-state index >= 15 is 0 Å². The third-order valence-corrected chi connectivity index (χ3v) is 2.56. The minimum Gasteiger partial charge on any atom is -0.556 e. The number of hydrogen-bond acceptors (Lipinski definition) is 3. The summed E-state index contributed by atoms with van der Waals surface area (Å²) in [5, 5.41) is 12.5. The van der Waals surface area contributed by atoms with Crippen molar-refractivity contribution in [2.45, 2.75) is 51.2 Å². The molecule has 1 amide bonds. The first-order chi connectivity index (χ1) is 7.08. The lowest BCUT2D eigenvalue weighted by atomic mass is 9.98. The van der Waals surface area contributed by atoms with E-state index in [9.17, 15) is 9.90 Å². The molecule has 15 heavy (non-hydrogen) atoms. The molecule has 5 nitrogen and oxygen atoms in total. The van der Waals surface area contributed by atoms with Gasteiger partial charge >= 0.3 is 0 Å². The Morgan fingerprint density at radius 2 is 2.40 bits per heavy atom. The van der Waals surface area contributed by atoms with Crippen molar-refractivity contribution >= 4 is 5.91 Å². The molecule has 1 saturated heterocycles. The van der Waals surface area contributed by atoms with Gasteiger partial charge in [-0.15, -0.1) is 0 Å². The lowest BCUT2D eigenvalue weighted by Crippen LogP contribution is -2.57. The van der Waals surface area contributed by atoms with E-state index in [0.29, 0.717) is 6.42 Å². The molecule has 3 N–H and O–H groups in total. The molecular formula is C10H19NO4. The van der Waals surface area contributed by atoms with Crippen LogP contribution in [0.4, 0.5) is 0 Å². The molecule has 0 aromatic heterocycles. The minimum atomic E-state index is -0.622. The van der Waals surface area contributed by atoms with E-state index in [4.69, 9.17) is 4.74 Å². The van der Waals surface area contributed by atoms with Gasteiger partial charge in [0.1, 0.15) is 0 Å². The normalized spacial score (nSPS) is 36.3. The van der Waals surface area contributed by atoms with Gasteiger partial charge in [-0.1, -0.05) is 14.0 Å². The van der Waals surface area contributed by atoms with Gasteiger partial charge in [-0.3, -0.25) is 4.79 Å². The van der Waals surface area contributed by atoms with Crippen LogP contribution in [-0.4, -0.2) is 40.3 Å². The maximum absolute atomic E-state index is 10.9. The second kappa shape index (κ2) is 5.44. The van der Waals surface area contributed by atoms with Crippen LogP contribution in [0.1, 0.15) is 26.7 Å². The van der Waals surface area contributed by atoms with Crippen LogP contribution >= 0.6 is 0 Å². The van der Waals surface area contributed by atoms with Gasteiger partial charge in [0, 0.05) is 13.3 Å². The van der Waals surface area contributed by atoms with E-state index in [1.54, 1.807) is 0 Å². The van der Waals surface area contributed by atoms with Crippen molar-refractivity contribution in [2.24, 2.45) is 0 Å². The van der Waals surface area contributed by atoms with Crippen molar-refractivity contribution in [2.75, 3.05) is 0 Å². The van der Waals surface area contributed by atoms with Gasteiger partial charge in [0.2, 0.25) is 5.91 Å². The van der Waals surface area contributed by atoms with Crippen LogP contribution in [0.3, 0.4) is 0 Å². The Hall–Kier alpha value is -0.650. The quantitative estimate of drug-likeness (QED) is 0.503. The van der Waals surface area contributed by atoms with E-state index in [0.717, 1.165) is 6.42 Å². The summed E-state index contributed by atoms with van der Waals surface area (Å²) in [6.07, 6.45) is 0.148. The highest BCUT2D eigenvalue weighted by atomic mass is 16.7. The van der Waals surface area contributed by atoms with Gasteiger partial charge in [-0.25, -0.2) is 0 Å². The molecule has 0 aliphatic carbocycles. The summed E-state index contributed by atoms with van der Waals surface area (Å²) >= 11 is 0. The molecule has 0 saturated carbocycles. The molecule has 1 fully saturated rings. The fourth-order valence-electron chi connectivity index (χ4n) is 1.77. The molecule has 1 rings (SSSR count). The van der Waals surface area contributed by atoms with Crippen LogP contribution in [0.15, 0.2) is 0 Å². The van der Waals surface area contributed by atoms with Gasteiger partial charge in [0.25, 0.3) is 6.29 Å². The molecule has 0 spiro atoms. The molecule has 4 atom stereocenters. The second-order valence-corrected chi connectivity index (χ2v) is 3.77. The third-order valence-electron chi connectivity index (χ3n) is 2.56. The Kier molecular flexibility index (Phi) is 4.50. The summed E-state index contributed by atoms with van der Waals surface area (Å²) in [7, 11) is 3.41. The summed E-state index contributed by atoms with van der Waals surface area (Å²) in [6, 6.07) is -0.484. The standard InChI is InChI=1S/C10H19NO4/c1-4-7-5-8(13)9(11-6(2)12)10(14-3)15-7/h7-10,13-14H,3-5H2,1-2H3,(H,11,12). The Morgan fingerprint density at radius 3 is 2.87 bits per heavy atom. The highest BCUT2D eigenvalue weighted by Gasteiger charge is 2.40. The van der Waals surface area contributed by atoms with Crippen LogP contribution in [0.5, 0.6) is 0 Å². The molecule has 5 heteroatoms. The van der Waals surface area contributed by atoms with Crippen molar-refractivity contribution in [1.82, 2.24) is 5.32 Å². The molecule has 0 radical (unpaired) electrons. The third kappa shape index (κ3) is 3.15. The van der Waals surface area contributed by atoms with E-state index in [1.807, 2.05) is 6.92 Å². The first-order valence-corrected chi connectivity index (χ1v) is 5.15. The van der Waals surface area contributed by atoms with Crippen molar-refractivity contribution < 1.29 is 19.4 Å². The van der Waals surface area contributed by atoms with E-state index in [-0.39, 0.29) is 12.0 Å². The maximum atomic E-state index is 10.9. The number of amides is 1.